The average Bonchev–Trinajstić information content (AvgIpc) is 2.66. The van der Waals surface area contributed by atoms with Gasteiger partial charge in [0.2, 0.25) is 5.91 Å². The molecule has 114 valence electrons. The van der Waals surface area contributed by atoms with Crippen LogP contribution in [0.2, 0.25) is 0 Å². The van der Waals surface area contributed by atoms with Gasteiger partial charge >= 0.3 is 0 Å². The zero-order valence-electron chi connectivity index (χ0n) is 12.5. The maximum atomic E-state index is 12.1. The van der Waals surface area contributed by atoms with Crippen LogP contribution in [0.5, 0.6) is 5.75 Å². The van der Waals surface area contributed by atoms with Crippen molar-refractivity contribution in [3.63, 3.8) is 0 Å². The van der Waals surface area contributed by atoms with Crippen molar-refractivity contribution in [1.29, 1.82) is 0 Å². The van der Waals surface area contributed by atoms with E-state index < -0.39 is 12.1 Å². The number of benzene rings is 1. The van der Waals surface area contributed by atoms with E-state index in [1.54, 1.807) is 6.92 Å². The van der Waals surface area contributed by atoms with E-state index in [2.05, 4.69) is 10.6 Å². The molecule has 1 aromatic rings. The SMILES string of the molecule is Cc1ccc(O[C@H](C)C(=O)N[C@H]2CCCCNC2=O)cc1. The van der Waals surface area contributed by atoms with Crippen molar-refractivity contribution in [1.82, 2.24) is 10.6 Å². The third kappa shape index (κ3) is 4.48. The summed E-state index contributed by atoms with van der Waals surface area (Å²) in [5.41, 5.74) is 1.13. The van der Waals surface area contributed by atoms with Crippen LogP contribution in [0.4, 0.5) is 0 Å². The number of aryl methyl sites for hydroxylation is 1. The average molecular weight is 290 g/mol. The van der Waals surface area contributed by atoms with E-state index in [1.165, 1.54) is 0 Å². The molecule has 0 aliphatic carbocycles. The number of hydrogen-bond donors (Lipinski definition) is 2. The Hall–Kier alpha value is -2.04. The Morgan fingerprint density at radius 2 is 2.05 bits per heavy atom. The van der Waals surface area contributed by atoms with E-state index in [1.807, 2.05) is 31.2 Å². The summed E-state index contributed by atoms with van der Waals surface area (Å²) >= 11 is 0. The van der Waals surface area contributed by atoms with Gasteiger partial charge < -0.3 is 15.4 Å². The molecule has 5 nitrogen and oxygen atoms in total. The van der Waals surface area contributed by atoms with E-state index in [0.717, 1.165) is 18.4 Å². The maximum absolute atomic E-state index is 12.1. The van der Waals surface area contributed by atoms with Gasteiger partial charge in [0.1, 0.15) is 11.8 Å². The lowest BCUT2D eigenvalue weighted by Crippen LogP contribution is -2.49. The van der Waals surface area contributed by atoms with Crippen molar-refractivity contribution in [2.75, 3.05) is 6.54 Å². The van der Waals surface area contributed by atoms with Gasteiger partial charge in [-0.25, -0.2) is 0 Å². The molecular weight excluding hydrogens is 268 g/mol. The maximum Gasteiger partial charge on any atom is 0.261 e. The fourth-order valence-electron chi connectivity index (χ4n) is 2.24. The van der Waals surface area contributed by atoms with E-state index in [4.69, 9.17) is 4.74 Å². The quantitative estimate of drug-likeness (QED) is 0.884. The largest absolute Gasteiger partial charge is 0.481 e. The number of rotatable bonds is 4. The number of hydrogen-bond acceptors (Lipinski definition) is 3. The van der Waals surface area contributed by atoms with E-state index in [9.17, 15) is 9.59 Å². The van der Waals surface area contributed by atoms with Gasteiger partial charge in [0.05, 0.1) is 0 Å². The molecular formula is C16H22N2O3. The molecule has 2 rings (SSSR count). The highest BCUT2D eigenvalue weighted by Gasteiger charge is 2.25. The Bertz CT molecular complexity index is 499. The monoisotopic (exact) mass is 290 g/mol. The summed E-state index contributed by atoms with van der Waals surface area (Å²) in [6.07, 6.45) is 1.92. The van der Waals surface area contributed by atoms with Crippen molar-refractivity contribution in [3.8, 4) is 5.75 Å². The molecule has 1 saturated heterocycles. The van der Waals surface area contributed by atoms with Crippen LogP contribution in [0.15, 0.2) is 24.3 Å². The molecule has 21 heavy (non-hydrogen) atoms. The first kappa shape index (κ1) is 15.4. The molecule has 1 heterocycles. The Morgan fingerprint density at radius 3 is 2.76 bits per heavy atom. The van der Waals surface area contributed by atoms with Gasteiger partial charge in [-0.3, -0.25) is 9.59 Å². The lowest BCUT2D eigenvalue weighted by atomic mass is 10.1. The van der Waals surface area contributed by atoms with Crippen LogP contribution in [0.3, 0.4) is 0 Å². The first-order chi connectivity index (χ1) is 10.1. The molecule has 0 aromatic heterocycles. The molecule has 1 aromatic carbocycles. The van der Waals surface area contributed by atoms with Gasteiger partial charge in [0.25, 0.3) is 5.91 Å². The molecule has 0 spiro atoms. The van der Waals surface area contributed by atoms with Crippen molar-refractivity contribution < 1.29 is 14.3 Å². The lowest BCUT2D eigenvalue weighted by Gasteiger charge is -2.19. The molecule has 2 amide bonds. The minimum atomic E-state index is -0.635. The Balaban J connectivity index is 1.89. The van der Waals surface area contributed by atoms with E-state index in [0.29, 0.717) is 18.7 Å². The molecule has 0 saturated carbocycles. The standard InChI is InChI=1S/C16H22N2O3/c1-11-6-8-13(9-7-11)21-12(2)15(19)18-14-5-3-4-10-17-16(14)20/h6-9,12,14H,3-5,10H2,1-2H3,(H,17,20)(H,18,19)/t12-,14+/m1/s1. The zero-order valence-corrected chi connectivity index (χ0v) is 12.5. The van der Waals surface area contributed by atoms with Crippen molar-refractivity contribution in [2.24, 2.45) is 0 Å². The van der Waals surface area contributed by atoms with Crippen LogP contribution in [0.1, 0.15) is 31.7 Å². The second-order valence-corrected chi connectivity index (χ2v) is 5.42. The first-order valence-corrected chi connectivity index (χ1v) is 7.37. The molecule has 0 bridgehead atoms. The number of ether oxygens (including phenoxy) is 1. The smallest absolute Gasteiger partial charge is 0.261 e. The summed E-state index contributed by atoms with van der Waals surface area (Å²) in [4.78, 5) is 23.9. The number of nitrogens with one attached hydrogen (secondary N) is 2. The topological polar surface area (TPSA) is 67.4 Å². The molecule has 1 fully saturated rings. The minimum absolute atomic E-state index is 0.108. The number of carbonyl (C=O) groups excluding carboxylic acids is 2. The summed E-state index contributed by atoms with van der Waals surface area (Å²) < 4.78 is 5.60. The second kappa shape index (κ2) is 7.11. The highest BCUT2D eigenvalue weighted by molar-refractivity contribution is 5.89. The van der Waals surface area contributed by atoms with Gasteiger partial charge in [-0.05, 0) is 45.2 Å². The predicted octanol–water partition coefficient (Wildman–Crippen LogP) is 1.55. The summed E-state index contributed by atoms with van der Waals surface area (Å²) in [5, 5.41) is 5.56. The Morgan fingerprint density at radius 1 is 1.33 bits per heavy atom. The van der Waals surface area contributed by atoms with Crippen molar-refractivity contribution >= 4 is 11.8 Å². The van der Waals surface area contributed by atoms with E-state index in [-0.39, 0.29) is 11.8 Å². The van der Waals surface area contributed by atoms with Gasteiger partial charge in [-0.1, -0.05) is 17.7 Å². The molecule has 2 N–H and O–H groups in total. The van der Waals surface area contributed by atoms with Crippen LogP contribution in [-0.2, 0) is 9.59 Å². The Kier molecular flexibility index (Phi) is 5.20. The lowest BCUT2D eigenvalue weighted by molar-refractivity contribution is -0.132. The van der Waals surface area contributed by atoms with Crippen LogP contribution in [0, 0.1) is 6.92 Å². The van der Waals surface area contributed by atoms with Crippen molar-refractivity contribution in [2.45, 2.75) is 45.3 Å². The zero-order chi connectivity index (χ0) is 15.2. The minimum Gasteiger partial charge on any atom is -0.481 e. The molecule has 0 unspecified atom stereocenters. The van der Waals surface area contributed by atoms with Crippen LogP contribution in [-0.4, -0.2) is 30.5 Å². The molecule has 0 radical (unpaired) electrons. The third-order valence-electron chi connectivity index (χ3n) is 3.55. The first-order valence-electron chi connectivity index (χ1n) is 7.37. The molecule has 2 atom stereocenters. The molecule has 1 aliphatic rings. The normalized spacial score (nSPS) is 20.1. The van der Waals surface area contributed by atoms with Gasteiger partial charge in [0, 0.05) is 6.54 Å². The number of amides is 2. The van der Waals surface area contributed by atoms with Gasteiger partial charge in [0.15, 0.2) is 6.10 Å². The van der Waals surface area contributed by atoms with Crippen LogP contribution < -0.4 is 15.4 Å². The van der Waals surface area contributed by atoms with Crippen LogP contribution in [0.25, 0.3) is 0 Å². The molecule has 5 heteroatoms. The highest BCUT2D eigenvalue weighted by Crippen LogP contribution is 2.13. The predicted molar refractivity (Wildman–Crippen MR) is 80.1 cm³/mol. The fourth-order valence-corrected chi connectivity index (χ4v) is 2.24. The highest BCUT2D eigenvalue weighted by atomic mass is 16.5. The fraction of sp³-hybridized carbons (Fsp3) is 0.500. The van der Waals surface area contributed by atoms with Gasteiger partial charge in [-0.15, -0.1) is 0 Å². The van der Waals surface area contributed by atoms with Crippen LogP contribution >= 0.6 is 0 Å². The third-order valence-corrected chi connectivity index (χ3v) is 3.55. The number of carbonyl (C=O) groups is 2. The summed E-state index contributed by atoms with van der Waals surface area (Å²) in [5.74, 6) is 0.273. The second-order valence-electron chi connectivity index (χ2n) is 5.42. The van der Waals surface area contributed by atoms with Crippen molar-refractivity contribution in [3.05, 3.63) is 29.8 Å². The molecule has 1 aliphatic heterocycles. The summed E-state index contributed by atoms with van der Waals surface area (Å²) in [7, 11) is 0. The van der Waals surface area contributed by atoms with Gasteiger partial charge in [-0.2, -0.15) is 0 Å². The summed E-state index contributed by atoms with van der Waals surface area (Å²) in [6.45, 7) is 4.36. The van der Waals surface area contributed by atoms with E-state index >= 15 is 0 Å². The Labute approximate surface area is 125 Å². The summed E-state index contributed by atoms with van der Waals surface area (Å²) in [6, 6.07) is 7.07.